The van der Waals surface area contributed by atoms with E-state index in [1.165, 1.54) is 6.07 Å². The number of anilines is 1. The number of hydrogen-bond acceptors (Lipinski definition) is 9. The Morgan fingerprint density at radius 1 is 1.24 bits per heavy atom. The number of aromatic nitrogens is 4. The molecule has 10 heteroatoms. The number of thiazole rings is 1. The zero-order chi connectivity index (χ0) is 22.7. The lowest BCUT2D eigenvalue weighted by molar-refractivity contribution is 0.0954. The maximum absolute atomic E-state index is 14.3. The predicted molar refractivity (Wildman–Crippen MR) is 126 cm³/mol. The van der Waals surface area contributed by atoms with Crippen LogP contribution in [0.3, 0.4) is 0 Å². The zero-order valence-corrected chi connectivity index (χ0v) is 19.2. The summed E-state index contributed by atoms with van der Waals surface area (Å²) in [4.78, 5) is 12.3. The quantitative estimate of drug-likeness (QED) is 0.463. The van der Waals surface area contributed by atoms with E-state index >= 15 is 0 Å². The molecule has 0 bridgehead atoms. The van der Waals surface area contributed by atoms with Gasteiger partial charge in [-0.15, -0.1) is 21.5 Å². The van der Waals surface area contributed by atoms with Gasteiger partial charge in [0, 0.05) is 61.5 Å². The standard InChI is InChI=1S/C23H28FN7OS/c24-18-3-1-8-26-21(18)23(6-2-7-23)15-28-20-5-4-19(29-30-20)22-27-12-17(33-22)13-31-10-9-25-11-16(31)14-32/h1,3-5,8,12,16,25,32H,2,6-7,9-11,13-15H2,(H,28,30)/t16-/m0/s1. The third-order valence-corrected chi connectivity index (χ3v) is 7.66. The van der Waals surface area contributed by atoms with Gasteiger partial charge >= 0.3 is 0 Å². The first-order valence-electron chi connectivity index (χ1n) is 11.4. The van der Waals surface area contributed by atoms with Gasteiger partial charge < -0.3 is 15.7 Å². The summed E-state index contributed by atoms with van der Waals surface area (Å²) >= 11 is 1.60. The fourth-order valence-electron chi connectivity index (χ4n) is 4.57. The molecule has 3 aromatic heterocycles. The molecule has 0 radical (unpaired) electrons. The van der Waals surface area contributed by atoms with Crippen LogP contribution in [-0.2, 0) is 12.0 Å². The molecular formula is C23H28FN7OS. The molecule has 33 heavy (non-hydrogen) atoms. The highest BCUT2D eigenvalue weighted by Gasteiger charge is 2.41. The van der Waals surface area contributed by atoms with Crippen LogP contribution >= 0.6 is 11.3 Å². The Balaban J connectivity index is 1.22. The largest absolute Gasteiger partial charge is 0.395 e. The van der Waals surface area contributed by atoms with Gasteiger partial charge in [-0.25, -0.2) is 9.37 Å². The van der Waals surface area contributed by atoms with Crippen LogP contribution in [0.15, 0.2) is 36.7 Å². The van der Waals surface area contributed by atoms with Gasteiger partial charge in [-0.3, -0.25) is 9.88 Å². The molecule has 1 aliphatic carbocycles. The second kappa shape index (κ2) is 9.76. The van der Waals surface area contributed by atoms with E-state index in [-0.39, 0.29) is 23.9 Å². The highest BCUT2D eigenvalue weighted by atomic mass is 32.1. The maximum Gasteiger partial charge on any atom is 0.148 e. The van der Waals surface area contributed by atoms with Gasteiger partial charge in [-0.2, -0.15) is 0 Å². The number of halogens is 1. The summed E-state index contributed by atoms with van der Waals surface area (Å²) in [6, 6.07) is 7.04. The highest BCUT2D eigenvalue weighted by molar-refractivity contribution is 7.14. The van der Waals surface area contributed by atoms with Gasteiger partial charge in [0.25, 0.3) is 0 Å². The maximum atomic E-state index is 14.3. The number of hydrogen-bond donors (Lipinski definition) is 3. The zero-order valence-electron chi connectivity index (χ0n) is 18.4. The summed E-state index contributed by atoms with van der Waals surface area (Å²) in [5, 5.41) is 25.8. The number of piperazine rings is 1. The molecule has 2 aliphatic rings. The van der Waals surface area contributed by atoms with E-state index in [2.05, 4.69) is 35.7 Å². The Hall–Kier alpha value is -2.53. The molecule has 3 aromatic rings. The second-order valence-corrected chi connectivity index (χ2v) is 9.88. The number of nitrogens with one attached hydrogen (secondary N) is 2. The summed E-state index contributed by atoms with van der Waals surface area (Å²) < 4.78 is 14.3. The fraction of sp³-hybridized carbons (Fsp3) is 0.478. The number of nitrogens with zero attached hydrogens (tertiary/aromatic N) is 5. The Bertz CT molecular complexity index is 1070. The predicted octanol–water partition coefficient (Wildman–Crippen LogP) is 2.43. The van der Waals surface area contributed by atoms with Crippen molar-refractivity contribution in [2.45, 2.75) is 37.3 Å². The summed E-state index contributed by atoms with van der Waals surface area (Å²) in [5.74, 6) is 0.413. The van der Waals surface area contributed by atoms with Crippen LogP contribution in [0.2, 0.25) is 0 Å². The van der Waals surface area contributed by atoms with E-state index in [9.17, 15) is 9.50 Å². The van der Waals surface area contributed by atoms with Crippen molar-refractivity contribution >= 4 is 17.2 Å². The van der Waals surface area contributed by atoms with Gasteiger partial charge in [-0.05, 0) is 37.1 Å². The second-order valence-electron chi connectivity index (χ2n) is 8.77. The monoisotopic (exact) mass is 469 g/mol. The first-order valence-corrected chi connectivity index (χ1v) is 12.2. The van der Waals surface area contributed by atoms with Crippen LogP contribution in [0.5, 0.6) is 0 Å². The van der Waals surface area contributed by atoms with Gasteiger partial charge in [-0.1, -0.05) is 6.42 Å². The molecule has 0 aromatic carbocycles. The molecule has 1 saturated carbocycles. The molecule has 1 atom stereocenters. The minimum absolute atomic E-state index is 0.132. The van der Waals surface area contributed by atoms with Crippen molar-refractivity contribution in [3.05, 3.63) is 53.0 Å². The van der Waals surface area contributed by atoms with Crippen molar-refractivity contribution in [3.63, 3.8) is 0 Å². The minimum atomic E-state index is -0.285. The Labute approximate surface area is 196 Å². The smallest absolute Gasteiger partial charge is 0.148 e. The van der Waals surface area contributed by atoms with Crippen molar-refractivity contribution in [1.82, 2.24) is 30.4 Å². The van der Waals surface area contributed by atoms with Crippen molar-refractivity contribution < 1.29 is 9.50 Å². The van der Waals surface area contributed by atoms with Gasteiger partial charge in [0.15, 0.2) is 0 Å². The van der Waals surface area contributed by atoms with Crippen LogP contribution in [0.4, 0.5) is 10.2 Å². The van der Waals surface area contributed by atoms with Crippen molar-refractivity contribution in [2.75, 3.05) is 38.1 Å². The SMILES string of the molecule is OC[C@@H]1CNCCN1Cc1cnc(-c2ccc(NCC3(c4ncccc4F)CCC3)nn2)s1. The van der Waals surface area contributed by atoms with Gasteiger partial charge in [0.2, 0.25) is 0 Å². The molecule has 174 valence electrons. The lowest BCUT2D eigenvalue weighted by Crippen LogP contribution is -2.52. The highest BCUT2D eigenvalue weighted by Crippen LogP contribution is 2.43. The fourth-order valence-corrected chi connectivity index (χ4v) is 5.47. The summed E-state index contributed by atoms with van der Waals surface area (Å²) in [7, 11) is 0. The molecule has 1 saturated heterocycles. The first kappa shape index (κ1) is 22.3. The molecule has 2 fully saturated rings. The van der Waals surface area contributed by atoms with Crippen LogP contribution in [0.25, 0.3) is 10.7 Å². The molecule has 0 spiro atoms. The van der Waals surface area contributed by atoms with E-state index < -0.39 is 0 Å². The number of pyridine rings is 1. The number of aliphatic hydroxyl groups excluding tert-OH is 1. The van der Waals surface area contributed by atoms with Crippen molar-refractivity contribution in [1.29, 1.82) is 0 Å². The van der Waals surface area contributed by atoms with E-state index in [4.69, 9.17) is 0 Å². The molecule has 0 unspecified atom stereocenters. The summed E-state index contributed by atoms with van der Waals surface area (Å²) in [6.45, 7) is 4.12. The lowest BCUT2D eigenvalue weighted by Gasteiger charge is -2.41. The Morgan fingerprint density at radius 3 is 2.88 bits per heavy atom. The Morgan fingerprint density at radius 2 is 2.15 bits per heavy atom. The summed E-state index contributed by atoms with van der Waals surface area (Å²) in [5.41, 5.74) is 0.980. The van der Waals surface area contributed by atoms with Gasteiger partial charge in [0.1, 0.15) is 22.3 Å². The molecule has 5 rings (SSSR count). The lowest BCUT2D eigenvalue weighted by atomic mass is 9.66. The van der Waals surface area contributed by atoms with E-state index in [1.54, 1.807) is 23.6 Å². The third kappa shape index (κ3) is 4.74. The van der Waals surface area contributed by atoms with Crippen LogP contribution < -0.4 is 10.6 Å². The first-order chi connectivity index (χ1) is 16.2. The molecular weight excluding hydrogens is 441 g/mol. The van der Waals surface area contributed by atoms with E-state index in [0.717, 1.165) is 61.0 Å². The molecule has 8 nitrogen and oxygen atoms in total. The average Bonchev–Trinajstić information content (AvgIpc) is 3.29. The molecule has 1 aliphatic heterocycles. The van der Waals surface area contributed by atoms with Crippen LogP contribution in [0, 0.1) is 5.82 Å². The van der Waals surface area contributed by atoms with Gasteiger partial charge in [0.05, 0.1) is 12.3 Å². The van der Waals surface area contributed by atoms with Crippen LogP contribution in [-0.4, -0.2) is 69.0 Å². The molecule has 3 N–H and O–H groups in total. The number of rotatable bonds is 8. The van der Waals surface area contributed by atoms with E-state index in [0.29, 0.717) is 18.1 Å². The van der Waals surface area contributed by atoms with Crippen LogP contribution in [0.1, 0.15) is 29.8 Å². The topological polar surface area (TPSA) is 99.1 Å². The average molecular weight is 470 g/mol. The summed E-state index contributed by atoms with van der Waals surface area (Å²) in [6.07, 6.45) is 6.42. The van der Waals surface area contributed by atoms with Crippen molar-refractivity contribution in [2.24, 2.45) is 0 Å². The Kier molecular flexibility index (Phi) is 6.59. The normalized spacial score (nSPS) is 20.4. The number of aliphatic hydroxyl groups is 1. The minimum Gasteiger partial charge on any atom is -0.395 e. The molecule has 4 heterocycles. The van der Waals surface area contributed by atoms with Crippen molar-refractivity contribution in [3.8, 4) is 10.7 Å². The van der Waals surface area contributed by atoms with E-state index in [1.807, 2.05) is 18.3 Å². The molecule has 0 amide bonds. The third-order valence-electron chi connectivity index (χ3n) is 6.66.